The summed E-state index contributed by atoms with van der Waals surface area (Å²) >= 11 is 5.52. The number of thiocarbonyl (C=S) groups is 1. The van der Waals surface area contributed by atoms with Gasteiger partial charge in [-0.2, -0.15) is 0 Å². The number of benzene rings is 2. The van der Waals surface area contributed by atoms with E-state index < -0.39 is 10.0 Å². The van der Waals surface area contributed by atoms with Crippen LogP contribution in [0.1, 0.15) is 57.4 Å². The van der Waals surface area contributed by atoms with Crippen LogP contribution in [0.4, 0.5) is 5.69 Å². The van der Waals surface area contributed by atoms with Gasteiger partial charge in [0.2, 0.25) is 10.0 Å². The molecule has 7 heteroatoms. The molecule has 0 bridgehead atoms. The van der Waals surface area contributed by atoms with Crippen molar-refractivity contribution in [1.82, 2.24) is 10.6 Å². The smallest absolute Gasteiger partial charge is 0.229 e. The molecule has 0 spiro atoms. The van der Waals surface area contributed by atoms with Crippen molar-refractivity contribution in [2.75, 3.05) is 11.0 Å². The number of rotatable bonds is 7. The average molecular weight is 448 g/mol. The maximum Gasteiger partial charge on any atom is 0.229 e. The molecule has 0 aliphatic rings. The van der Waals surface area contributed by atoms with Gasteiger partial charge in [-0.3, -0.25) is 4.72 Å². The minimum atomic E-state index is -3.29. The Labute approximate surface area is 186 Å². The fourth-order valence-corrected chi connectivity index (χ4v) is 3.87. The summed E-state index contributed by atoms with van der Waals surface area (Å²) in [5, 5.41) is 7.26. The monoisotopic (exact) mass is 447 g/mol. The van der Waals surface area contributed by atoms with Gasteiger partial charge in [-0.1, -0.05) is 71.0 Å². The summed E-state index contributed by atoms with van der Waals surface area (Å²) in [6.07, 6.45) is 1.14. The summed E-state index contributed by atoms with van der Waals surface area (Å²) in [4.78, 5) is 0. The van der Waals surface area contributed by atoms with E-state index in [1.807, 2.05) is 12.1 Å². The molecule has 0 aliphatic carbocycles. The molecule has 0 saturated heterocycles. The molecule has 164 valence electrons. The number of hydrogen-bond acceptors (Lipinski definition) is 3. The van der Waals surface area contributed by atoms with Crippen LogP contribution in [-0.4, -0.2) is 19.8 Å². The van der Waals surface area contributed by atoms with Crippen LogP contribution in [0.2, 0.25) is 0 Å². The van der Waals surface area contributed by atoms with Gasteiger partial charge in [0.15, 0.2) is 5.11 Å². The molecule has 0 amide bonds. The molecular formula is C23H33N3O2S2. The highest BCUT2D eigenvalue weighted by atomic mass is 32.2. The molecule has 0 heterocycles. The largest absolute Gasteiger partial charge is 0.359 e. The first-order chi connectivity index (χ1) is 13.8. The van der Waals surface area contributed by atoms with Gasteiger partial charge in [-0.25, -0.2) is 8.42 Å². The van der Waals surface area contributed by atoms with Gasteiger partial charge in [0.25, 0.3) is 0 Å². The zero-order valence-corrected chi connectivity index (χ0v) is 20.2. The Morgan fingerprint density at radius 1 is 1.00 bits per heavy atom. The molecule has 0 fully saturated rings. The van der Waals surface area contributed by atoms with E-state index in [1.54, 1.807) is 12.1 Å². The van der Waals surface area contributed by atoms with Crippen LogP contribution in [0, 0.1) is 5.92 Å². The molecule has 1 atom stereocenters. The molecular weight excluding hydrogens is 414 g/mol. The quantitative estimate of drug-likeness (QED) is 0.536. The fourth-order valence-electron chi connectivity index (χ4n) is 3.10. The van der Waals surface area contributed by atoms with Crippen LogP contribution >= 0.6 is 12.2 Å². The van der Waals surface area contributed by atoms with Crippen molar-refractivity contribution in [3.05, 3.63) is 65.2 Å². The van der Waals surface area contributed by atoms with Gasteiger partial charge in [0, 0.05) is 12.2 Å². The maximum atomic E-state index is 11.4. The van der Waals surface area contributed by atoms with Crippen molar-refractivity contribution in [2.45, 2.75) is 52.6 Å². The third-order valence-corrected chi connectivity index (χ3v) is 5.67. The summed E-state index contributed by atoms with van der Waals surface area (Å²) in [5.74, 6) is 0.296. The minimum absolute atomic E-state index is 0.0144. The van der Waals surface area contributed by atoms with E-state index in [4.69, 9.17) is 12.2 Å². The lowest BCUT2D eigenvalue weighted by atomic mass is 9.87. The van der Waals surface area contributed by atoms with Gasteiger partial charge >= 0.3 is 0 Å². The fraction of sp³-hybridized carbons (Fsp3) is 0.435. The Bertz CT molecular complexity index is 945. The highest BCUT2D eigenvalue weighted by Gasteiger charge is 2.17. The summed E-state index contributed by atoms with van der Waals surface area (Å²) in [6, 6.07) is 16.0. The van der Waals surface area contributed by atoms with Crippen molar-refractivity contribution in [3.8, 4) is 0 Å². The minimum Gasteiger partial charge on any atom is -0.359 e. The van der Waals surface area contributed by atoms with Crippen molar-refractivity contribution in [2.24, 2.45) is 5.92 Å². The van der Waals surface area contributed by atoms with E-state index >= 15 is 0 Å². The van der Waals surface area contributed by atoms with Gasteiger partial charge in [0.05, 0.1) is 12.3 Å². The molecule has 2 rings (SSSR count). The van der Waals surface area contributed by atoms with Crippen LogP contribution in [-0.2, 0) is 22.0 Å². The highest BCUT2D eigenvalue weighted by molar-refractivity contribution is 7.92. The molecule has 0 radical (unpaired) electrons. The zero-order chi connectivity index (χ0) is 22.5. The first-order valence-corrected chi connectivity index (χ1v) is 12.4. The number of sulfonamides is 1. The van der Waals surface area contributed by atoms with Crippen molar-refractivity contribution >= 4 is 33.0 Å². The summed E-state index contributed by atoms with van der Waals surface area (Å²) in [6.45, 7) is 11.5. The predicted octanol–water partition coefficient (Wildman–Crippen LogP) is 4.72. The topological polar surface area (TPSA) is 70.2 Å². The van der Waals surface area contributed by atoms with Crippen molar-refractivity contribution in [3.63, 3.8) is 0 Å². The number of hydrogen-bond donors (Lipinski definition) is 3. The van der Waals surface area contributed by atoms with E-state index in [1.165, 1.54) is 11.1 Å². The molecule has 0 aromatic heterocycles. The summed E-state index contributed by atoms with van der Waals surface area (Å²) in [7, 11) is -3.29. The van der Waals surface area contributed by atoms with Crippen LogP contribution in [0.3, 0.4) is 0 Å². The molecule has 2 aromatic rings. The summed E-state index contributed by atoms with van der Waals surface area (Å²) < 4.78 is 25.2. The summed E-state index contributed by atoms with van der Waals surface area (Å²) in [5.41, 5.74) is 4.20. The molecule has 30 heavy (non-hydrogen) atoms. The van der Waals surface area contributed by atoms with Crippen molar-refractivity contribution in [1.29, 1.82) is 0 Å². The van der Waals surface area contributed by atoms with Gasteiger partial charge in [-0.15, -0.1) is 0 Å². The Morgan fingerprint density at radius 2 is 1.57 bits per heavy atom. The van der Waals surface area contributed by atoms with Crippen LogP contribution in [0.25, 0.3) is 0 Å². The SMILES string of the molecule is CC(C)C(NC(=S)NCc1ccc(C(C)(C)C)cc1)c1ccc(NS(C)(=O)=O)cc1. The van der Waals surface area contributed by atoms with Gasteiger partial charge in [-0.05, 0) is 52.4 Å². The molecule has 0 saturated carbocycles. The predicted molar refractivity (Wildman–Crippen MR) is 130 cm³/mol. The first-order valence-electron chi connectivity index (χ1n) is 10.1. The molecule has 2 aromatic carbocycles. The Hall–Kier alpha value is -2.12. The van der Waals surface area contributed by atoms with E-state index in [9.17, 15) is 8.42 Å². The second kappa shape index (κ2) is 9.79. The number of nitrogens with one attached hydrogen (secondary N) is 3. The molecule has 0 aliphatic heterocycles. The maximum absolute atomic E-state index is 11.4. The lowest BCUT2D eigenvalue weighted by Gasteiger charge is -2.25. The van der Waals surface area contributed by atoms with Gasteiger partial charge < -0.3 is 10.6 Å². The van der Waals surface area contributed by atoms with E-state index in [0.717, 1.165) is 11.8 Å². The highest BCUT2D eigenvalue weighted by Crippen LogP contribution is 2.24. The third kappa shape index (κ3) is 7.61. The van der Waals surface area contributed by atoms with E-state index in [0.29, 0.717) is 23.3 Å². The van der Waals surface area contributed by atoms with Crippen LogP contribution in [0.15, 0.2) is 48.5 Å². The van der Waals surface area contributed by atoms with Crippen molar-refractivity contribution < 1.29 is 8.42 Å². The average Bonchev–Trinajstić information content (AvgIpc) is 2.63. The Kier molecular flexibility index (Phi) is 7.88. The third-order valence-electron chi connectivity index (χ3n) is 4.80. The number of anilines is 1. The Balaban J connectivity index is 1.98. The molecule has 3 N–H and O–H groups in total. The van der Waals surface area contributed by atoms with Gasteiger partial charge in [0.1, 0.15) is 0 Å². The van der Waals surface area contributed by atoms with E-state index in [-0.39, 0.29) is 11.5 Å². The normalized spacial score (nSPS) is 13.0. The lowest BCUT2D eigenvalue weighted by molar-refractivity contribution is 0.469. The molecule has 5 nitrogen and oxygen atoms in total. The second-order valence-electron chi connectivity index (χ2n) is 8.99. The van der Waals surface area contributed by atoms with Crippen LogP contribution in [0.5, 0.6) is 0 Å². The zero-order valence-electron chi connectivity index (χ0n) is 18.6. The second-order valence-corrected chi connectivity index (χ2v) is 11.1. The van der Waals surface area contributed by atoms with Crippen LogP contribution < -0.4 is 15.4 Å². The molecule has 1 unspecified atom stereocenters. The Morgan fingerprint density at radius 3 is 2.03 bits per heavy atom. The lowest BCUT2D eigenvalue weighted by Crippen LogP contribution is -2.39. The standard InChI is InChI=1S/C23H33N3O2S2/c1-16(2)21(18-9-13-20(14-10-18)26-30(6,27)28)25-22(29)24-15-17-7-11-19(12-8-17)23(3,4)5/h7-14,16,21,26H,15H2,1-6H3,(H2,24,25,29). The first kappa shape index (κ1) is 24.2. The van der Waals surface area contributed by atoms with E-state index in [2.05, 4.69) is 74.2 Å².